The molecule has 1 aliphatic heterocycles. The van der Waals surface area contributed by atoms with Gasteiger partial charge in [0.25, 0.3) is 5.91 Å². The summed E-state index contributed by atoms with van der Waals surface area (Å²) in [5.41, 5.74) is 10.4. The molecule has 3 heterocycles. The number of para-hydroxylation sites is 1. The second kappa shape index (κ2) is 8.57. The van der Waals surface area contributed by atoms with Gasteiger partial charge in [-0.05, 0) is 43.5 Å². The van der Waals surface area contributed by atoms with E-state index in [2.05, 4.69) is 15.3 Å². The molecule has 11 heteroatoms. The number of rotatable bonds is 4. The molecular formula is C24H22F3N7O. The first-order valence-electron chi connectivity index (χ1n) is 11.0. The average molecular weight is 481 g/mol. The first-order valence-corrected chi connectivity index (χ1v) is 11.0. The summed E-state index contributed by atoms with van der Waals surface area (Å²) < 4.78 is 43.2. The molecule has 2 aromatic carbocycles. The standard InChI is InChI=1S/C24H22F3N7O/c1-15-11-32(14-29-15)21-8-7-17(10-18(21)28)19-12-34(31-30-19)22-9-6-16-4-2-3-5-20(16)33(23(22)35)13-24(25,26)27/h2-5,7-8,10-12,14,22H,6,9,13,28H2,1H3. The smallest absolute Gasteiger partial charge is 0.397 e. The molecule has 0 aliphatic carbocycles. The second-order valence-electron chi connectivity index (χ2n) is 8.50. The third-order valence-electron chi connectivity index (χ3n) is 6.00. The summed E-state index contributed by atoms with van der Waals surface area (Å²) in [6, 6.07) is 11.1. The van der Waals surface area contributed by atoms with Crippen LogP contribution in [-0.2, 0) is 11.2 Å². The van der Waals surface area contributed by atoms with Gasteiger partial charge in [0.2, 0.25) is 0 Å². The van der Waals surface area contributed by atoms with Crippen LogP contribution in [0.5, 0.6) is 0 Å². The molecule has 0 saturated carbocycles. The maximum Gasteiger partial charge on any atom is 0.406 e. The quantitative estimate of drug-likeness (QED) is 0.443. The molecule has 1 aliphatic rings. The number of aryl methyl sites for hydroxylation is 2. The normalized spacial score (nSPS) is 16.3. The van der Waals surface area contributed by atoms with E-state index in [0.717, 1.165) is 16.3 Å². The van der Waals surface area contributed by atoms with Gasteiger partial charge in [0.1, 0.15) is 18.3 Å². The molecule has 0 fully saturated rings. The molecule has 0 radical (unpaired) electrons. The number of nitrogens with zero attached hydrogens (tertiary/aromatic N) is 6. The highest BCUT2D eigenvalue weighted by molar-refractivity contribution is 5.97. The van der Waals surface area contributed by atoms with Crippen molar-refractivity contribution < 1.29 is 18.0 Å². The Hall–Kier alpha value is -4.15. The third kappa shape index (κ3) is 4.48. The predicted octanol–water partition coefficient (Wildman–Crippen LogP) is 4.10. The summed E-state index contributed by atoms with van der Waals surface area (Å²) in [7, 11) is 0. The number of anilines is 2. The molecule has 180 valence electrons. The largest absolute Gasteiger partial charge is 0.406 e. The number of imidazole rings is 1. The number of halogens is 3. The van der Waals surface area contributed by atoms with E-state index < -0.39 is 24.7 Å². The van der Waals surface area contributed by atoms with Crippen molar-refractivity contribution in [3.8, 4) is 16.9 Å². The fourth-order valence-electron chi connectivity index (χ4n) is 4.35. The minimum Gasteiger partial charge on any atom is -0.397 e. The van der Waals surface area contributed by atoms with Crippen molar-refractivity contribution >= 4 is 17.3 Å². The highest BCUT2D eigenvalue weighted by Crippen LogP contribution is 2.34. The molecule has 5 rings (SSSR count). The summed E-state index contributed by atoms with van der Waals surface area (Å²) in [5.74, 6) is -0.672. The molecule has 1 atom stereocenters. The lowest BCUT2D eigenvalue weighted by Crippen LogP contribution is -2.42. The van der Waals surface area contributed by atoms with Gasteiger partial charge in [0, 0.05) is 17.4 Å². The monoisotopic (exact) mass is 481 g/mol. The van der Waals surface area contributed by atoms with Crippen molar-refractivity contribution in [3.63, 3.8) is 0 Å². The van der Waals surface area contributed by atoms with E-state index in [1.165, 1.54) is 4.68 Å². The zero-order valence-electron chi connectivity index (χ0n) is 18.8. The van der Waals surface area contributed by atoms with E-state index in [-0.39, 0.29) is 5.69 Å². The SMILES string of the molecule is Cc1cn(-c2ccc(-c3cn(C4CCc5ccccc5N(CC(F)(F)F)C4=O)nn3)cc2N)cn1. The number of benzene rings is 2. The molecule has 35 heavy (non-hydrogen) atoms. The molecule has 4 aromatic rings. The fourth-order valence-corrected chi connectivity index (χ4v) is 4.35. The third-order valence-corrected chi connectivity index (χ3v) is 6.00. The first-order chi connectivity index (χ1) is 16.7. The lowest BCUT2D eigenvalue weighted by Gasteiger charge is -2.26. The Bertz CT molecular complexity index is 1390. The van der Waals surface area contributed by atoms with Crippen molar-refractivity contribution in [2.24, 2.45) is 0 Å². The van der Waals surface area contributed by atoms with Crippen LogP contribution in [0.3, 0.4) is 0 Å². The second-order valence-corrected chi connectivity index (χ2v) is 8.50. The van der Waals surface area contributed by atoms with E-state index in [4.69, 9.17) is 5.73 Å². The van der Waals surface area contributed by atoms with E-state index in [9.17, 15) is 18.0 Å². The average Bonchev–Trinajstić information content (AvgIpc) is 3.44. The zero-order valence-corrected chi connectivity index (χ0v) is 18.8. The topological polar surface area (TPSA) is 94.9 Å². The van der Waals surface area contributed by atoms with Gasteiger partial charge in [0.15, 0.2) is 0 Å². The van der Waals surface area contributed by atoms with Crippen LogP contribution in [-0.4, -0.2) is 43.2 Å². The number of nitrogen functional groups attached to an aromatic ring is 1. The van der Waals surface area contributed by atoms with E-state index in [1.807, 2.05) is 29.8 Å². The number of carbonyl (C=O) groups excluding carboxylic acids is 1. The minimum absolute atomic E-state index is 0.274. The molecular weight excluding hydrogens is 459 g/mol. The van der Waals surface area contributed by atoms with Crippen LogP contribution in [0.4, 0.5) is 24.5 Å². The first kappa shape index (κ1) is 22.6. The summed E-state index contributed by atoms with van der Waals surface area (Å²) in [6.07, 6.45) is 1.28. The zero-order chi connectivity index (χ0) is 24.7. The van der Waals surface area contributed by atoms with Crippen LogP contribution in [0.15, 0.2) is 61.2 Å². The Labute approximate surface area is 198 Å². The predicted molar refractivity (Wildman–Crippen MR) is 124 cm³/mol. The lowest BCUT2D eigenvalue weighted by molar-refractivity contribution is -0.134. The van der Waals surface area contributed by atoms with Gasteiger partial charge in [-0.15, -0.1) is 5.10 Å². The highest BCUT2D eigenvalue weighted by atomic mass is 19.4. The highest BCUT2D eigenvalue weighted by Gasteiger charge is 2.39. The van der Waals surface area contributed by atoms with Crippen LogP contribution in [0.25, 0.3) is 16.9 Å². The van der Waals surface area contributed by atoms with Gasteiger partial charge in [-0.2, -0.15) is 13.2 Å². The number of amides is 1. The lowest BCUT2D eigenvalue weighted by atomic mass is 10.1. The Morgan fingerprint density at radius 1 is 1.11 bits per heavy atom. The molecule has 8 nitrogen and oxygen atoms in total. The number of hydrogen-bond acceptors (Lipinski definition) is 5. The van der Waals surface area contributed by atoms with Gasteiger partial charge < -0.3 is 15.2 Å². The number of aromatic nitrogens is 5. The van der Waals surface area contributed by atoms with Gasteiger partial charge in [-0.3, -0.25) is 4.79 Å². The number of carbonyl (C=O) groups is 1. The van der Waals surface area contributed by atoms with Gasteiger partial charge in [0.05, 0.1) is 29.6 Å². The molecule has 2 N–H and O–H groups in total. The van der Waals surface area contributed by atoms with E-state index in [0.29, 0.717) is 35.3 Å². The minimum atomic E-state index is -4.54. The number of nitrogens with two attached hydrogens (primary N) is 1. The van der Waals surface area contributed by atoms with Crippen molar-refractivity contribution in [1.29, 1.82) is 0 Å². The van der Waals surface area contributed by atoms with Crippen LogP contribution in [0.2, 0.25) is 0 Å². The Morgan fingerprint density at radius 3 is 2.63 bits per heavy atom. The molecule has 0 bridgehead atoms. The van der Waals surface area contributed by atoms with Crippen LogP contribution in [0.1, 0.15) is 23.7 Å². The van der Waals surface area contributed by atoms with E-state index >= 15 is 0 Å². The summed E-state index contributed by atoms with van der Waals surface area (Å²) in [6.45, 7) is 0.509. The van der Waals surface area contributed by atoms with Gasteiger partial charge in [-0.1, -0.05) is 29.5 Å². The van der Waals surface area contributed by atoms with Crippen molar-refractivity contribution in [2.45, 2.75) is 32.0 Å². The molecule has 0 spiro atoms. The Balaban J connectivity index is 1.45. The number of alkyl halides is 3. The summed E-state index contributed by atoms with van der Waals surface area (Å²) in [5, 5.41) is 8.27. The van der Waals surface area contributed by atoms with E-state index in [1.54, 1.807) is 42.9 Å². The van der Waals surface area contributed by atoms with Crippen LogP contribution in [0, 0.1) is 6.92 Å². The summed E-state index contributed by atoms with van der Waals surface area (Å²) in [4.78, 5) is 18.3. The molecule has 1 amide bonds. The van der Waals surface area contributed by atoms with Crippen LogP contribution >= 0.6 is 0 Å². The fraction of sp³-hybridized carbons (Fsp3) is 0.250. The maximum atomic E-state index is 13.3. The van der Waals surface area contributed by atoms with Crippen molar-refractivity contribution in [1.82, 2.24) is 24.5 Å². The molecule has 1 unspecified atom stereocenters. The Kier molecular flexibility index (Phi) is 5.54. The summed E-state index contributed by atoms with van der Waals surface area (Å²) >= 11 is 0. The Morgan fingerprint density at radius 2 is 1.91 bits per heavy atom. The number of hydrogen-bond donors (Lipinski definition) is 1. The molecule has 2 aromatic heterocycles. The van der Waals surface area contributed by atoms with Crippen molar-refractivity contribution in [3.05, 3.63) is 72.4 Å². The molecule has 0 saturated heterocycles. The maximum absolute atomic E-state index is 13.3. The van der Waals surface area contributed by atoms with Crippen molar-refractivity contribution in [2.75, 3.05) is 17.2 Å². The van der Waals surface area contributed by atoms with Gasteiger partial charge in [-0.25, -0.2) is 9.67 Å². The number of fused-ring (bicyclic) bond motifs is 1. The van der Waals surface area contributed by atoms with Crippen LogP contribution < -0.4 is 10.6 Å². The van der Waals surface area contributed by atoms with Gasteiger partial charge >= 0.3 is 6.18 Å².